The number of ether oxygens (including phenoxy) is 1. The first-order valence-electron chi connectivity index (χ1n) is 6.64. The fraction of sp³-hybridized carbons (Fsp3) is 0.250. The van der Waals surface area contributed by atoms with Crippen LogP contribution in [0.15, 0.2) is 53.4 Å². The van der Waals surface area contributed by atoms with Gasteiger partial charge in [-0.15, -0.1) is 0 Å². The van der Waals surface area contributed by atoms with E-state index in [-0.39, 0.29) is 11.4 Å². The quantitative estimate of drug-likeness (QED) is 0.921. The Labute approximate surface area is 125 Å². The van der Waals surface area contributed by atoms with Crippen molar-refractivity contribution in [2.24, 2.45) is 5.73 Å². The smallest absolute Gasteiger partial charge is 0.186 e. The zero-order valence-corrected chi connectivity index (χ0v) is 12.9. The van der Waals surface area contributed by atoms with Crippen LogP contribution in [0.3, 0.4) is 0 Å². The van der Waals surface area contributed by atoms with Gasteiger partial charge in [0, 0.05) is 6.54 Å². The van der Waals surface area contributed by atoms with E-state index in [4.69, 9.17) is 10.5 Å². The molecule has 2 N–H and O–H groups in total. The van der Waals surface area contributed by atoms with Crippen LogP contribution in [0.1, 0.15) is 16.4 Å². The molecule has 0 amide bonds. The van der Waals surface area contributed by atoms with E-state index in [0.29, 0.717) is 5.75 Å². The van der Waals surface area contributed by atoms with E-state index in [2.05, 4.69) is 0 Å². The number of hydrogen-bond acceptors (Lipinski definition) is 4. The molecule has 4 nitrogen and oxygen atoms in total. The molecule has 0 aliphatic heterocycles. The molecule has 1 unspecified atom stereocenters. The Morgan fingerprint density at radius 1 is 1.10 bits per heavy atom. The highest BCUT2D eigenvalue weighted by Gasteiger charge is 2.28. The summed E-state index contributed by atoms with van der Waals surface area (Å²) in [6, 6.07) is 13.8. The lowest BCUT2D eigenvalue weighted by Gasteiger charge is -2.18. The second kappa shape index (κ2) is 6.28. The second-order valence-electron chi connectivity index (χ2n) is 4.80. The van der Waals surface area contributed by atoms with Gasteiger partial charge in [0.05, 0.1) is 12.0 Å². The van der Waals surface area contributed by atoms with E-state index in [9.17, 15) is 8.42 Å². The molecule has 0 radical (unpaired) electrons. The second-order valence-corrected chi connectivity index (χ2v) is 6.93. The number of rotatable bonds is 5. The molecule has 0 aliphatic carbocycles. The molecule has 0 spiro atoms. The van der Waals surface area contributed by atoms with Crippen molar-refractivity contribution in [1.82, 2.24) is 0 Å². The first kappa shape index (κ1) is 15.5. The fourth-order valence-corrected chi connectivity index (χ4v) is 3.99. The number of aryl methyl sites for hydroxylation is 1. The molecular formula is C16H19NO3S. The minimum absolute atomic E-state index is 0.0409. The largest absolute Gasteiger partial charge is 0.497 e. The summed E-state index contributed by atoms with van der Waals surface area (Å²) in [7, 11) is -1.99. The van der Waals surface area contributed by atoms with Crippen molar-refractivity contribution < 1.29 is 13.2 Å². The van der Waals surface area contributed by atoms with Crippen LogP contribution in [0.4, 0.5) is 0 Å². The van der Waals surface area contributed by atoms with Gasteiger partial charge >= 0.3 is 0 Å². The molecule has 0 aromatic heterocycles. The number of hydrogen-bond donors (Lipinski definition) is 1. The van der Waals surface area contributed by atoms with E-state index >= 15 is 0 Å². The molecule has 0 fully saturated rings. The normalized spacial score (nSPS) is 12.9. The summed E-state index contributed by atoms with van der Waals surface area (Å²) >= 11 is 0. The first-order chi connectivity index (χ1) is 10.0. The maximum Gasteiger partial charge on any atom is 0.186 e. The first-order valence-corrected chi connectivity index (χ1v) is 8.19. The van der Waals surface area contributed by atoms with Gasteiger partial charge in [0.1, 0.15) is 11.0 Å². The monoisotopic (exact) mass is 305 g/mol. The zero-order valence-electron chi connectivity index (χ0n) is 12.1. The van der Waals surface area contributed by atoms with Gasteiger partial charge < -0.3 is 10.5 Å². The lowest BCUT2D eigenvalue weighted by molar-refractivity contribution is 0.414. The third-order valence-corrected chi connectivity index (χ3v) is 5.64. The van der Waals surface area contributed by atoms with Crippen molar-refractivity contribution >= 4 is 9.84 Å². The van der Waals surface area contributed by atoms with Crippen LogP contribution in [-0.2, 0) is 9.84 Å². The molecule has 2 aromatic carbocycles. The molecule has 0 bridgehead atoms. The minimum Gasteiger partial charge on any atom is -0.497 e. The van der Waals surface area contributed by atoms with E-state index in [1.54, 1.807) is 31.4 Å². The summed E-state index contributed by atoms with van der Waals surface area (Å²) in [5, 5.41) is -0.743. The van der Waals surface area contributed by atoms with E-state index in [1.165, 1.54) is 0 Å². The standard InChI is InChI=1S/C16H19NO3S/c1-12-5-3-4-6-15(12)16(11-17)21(18,19)14-9-7-13(20-2)8-10-14/h3-10,16H,11,17H2,1-2H3. The molecule has 1 atom stereocenters. The molecule has 0 heterocycles. The van der Waals surface area contributed by atoms with Gasteiger partial charge in [-0.2, -0.15) is 0 Å². The van der Waals surface area contributed by atoms with E-state index < -0.39 is 15.1 Å². The molecular weight excluding hydrogens is 286 g/mol. The van der Waals surface area contributed by atoms with Crippen LogP contribution in [-0.4, -0.2) is 22.1 Å². The van der Waals surface area contributed by atoms with Crippen LogP contribution < -0.4 is 10.5 Å². The van der Waals surface area contributed by atoms with Gasteiger partial charge in [-0.25, -0.2) is 8.42 Å². The van der Waals surface area contributed by atoms with Gasteiger partial charge in [0.15, 0.2) is 9.84 Å². The highest BCUT2D eigenvalue weighted by molar-refractivity contribution is 7.91. The molecule has 21 heavy (non-hydrogen) atoms. The summed E-state index contributed by atoms with van der Waals surface area (Å²) in [5.74, 6) is 0.620. The van der Waals surface area contributed by atoms with Crippen LogP contribution >= 0.6 is 0 Å². The Morgan fingerprint density at radius 2 is 1.71 bits per heavy atom. The van der Waals surface area contributed by atoms with Crippen molar-refractivity contribution in [2.75, 3.05) is 13.7 Å². The van der Waals surface area contributed by atoms with Crippen molar-refractivity contribution in [3.05, 3.63) is 59.7 Å². The maximum atomic E-state index is 12.8. The predicted octanol–water partition coefficient (Wildman–Crippen LogP) is 2.48. The average molecular weight is 305 g/mol. The molecule has 2 rings (SSSR count). The highest BCUT2D eigenvalue weighted by atomic mass is 32.2. The van der Waals surface area contributed by atoms with Crippen LogP contribution in [0, 0.1) is 6.92 Å². The Kier molecular flexibility index (Phi) is 4.65. The van der Waals surface area contributed by atoms with Gasteiger partial charge in [0.25, 0.3) is 0 Å². The molecule has 112 valence electrons. The summed E-state index contributed by atoms with van der Waals surface area (Å²) in [5.41, 5.74) is 7.42. The molecule has 0 saturated carbocycles. The Bertz CT molecular complexity index is 709. The van der Waals surface area contributed by atoms with E-state index in [0.717, 1.165) is 11.1 Å². The summed E-state index contributed by atoms with van der Waals surface area (Å²) in [4.78, 5) is 0.252. The van der Waals surface area contributed by atoms with Gasteiger partial charge in [-0.3, -0.25) is 0 Å². The zero-order chi connectivity index (χ0) is 15.5. The number of sulfone groups is 1. The van der Waals surface area contributed by atoms with Crippen molar-refractivity contribution in [3.8, 4) is 5.75 Å². The maximum absolute atomic E-state index is 12.8. The Balaban J connectivity index is 2.47. The van der Waals surface area contributed by atoms with Crippen LogP contribution in [0.5, 0.6) is 5.75 Å². The van der Waals surface area contributed by atoms with Gasteiger partial charge in [0.2, 0.25) is 0 Å². The number of methoxy groups -OCH3 is 1. The average Bonchev–Trinajstić information content (AvgIpc) is 2.50. The predicted molar refractivity (Wildman–Crippen MR) is 83.2 cm³/mol. The minimum atomic E-state index is -3.53. The highest BCUT2D eigenvalue weighted by Crippen LogP contribution is 2.30. The third-order valence-electron chi connectivity index (χ3n) is 3.51. The van der Waals surface area contributed by atoms with Crippen molar-refractivity contribution in [1.29, 1.82) is 0 Å². The topological polar surface area (TPSA) is 69.4 Å². The summed E-state index contributed by atoms with van der Waals surface area (Å²) in [6.45, 7) is 1.93. The van der Waals surface area contributed by atoms with Gasteiger partial charge in [-0.1, -0.05) is 24.3 Å². The van der Waals surface area contributed by atoms with Crippen LogP contribution in [0.2, 0.25) is 0 Å². The SMILES string of the molecule is COc1ccc(S(=O)(=O)C(CN)c2ccccc2C)cc1. The lowest BCUT2D eigenvalue weighted by Crippen LogP contribution is -2.23. The number of nitrogens with two attached hydrogens (primary N) is 1. The number of benzene rings is 2. The van der Waals surface area contributed by atoms with E-state index in [1.807, 2.05) is 31.2 Å². The molecule has 5 heteroatoms. The summed E-state index contributed by atoms with van der Waals surface area (Å²) < 4.78 is 30.6. The van der Waals surface area contributed by atoms with Crippen molar-refractivity contribution in [3.63, 3.8) is 0 Å². The van der Waals surface area contributed by atoms with Crippen molar-refractivity contribution in [2.45, 2.75) is 17.1 Å². The van der Waals surface area contributed by atoms with Crippen LogP contribution in [0.25, 0.3) is 0 Å². The summed E-state index contributed by atoms with van der Waals surface area (Å²) in [6.07, 6.45) is 0. The molecule has 0 saturated heterocycles. The molecule has 2 aromatic rings. The fourth-order valence-electron chi connectivity index (χ4n) is 2.30. The van der Waals surface area contributed by atoms with Gasteiger partial charge in [-0.05, 0) is 42.3 Å². The lowest BCUT2D eigenvalue weighted by atomic mass is 10.1. The Hall–Kier alpha value is -1.85. The third kappa shape index (κ3) is 3.09. The molecule has 0 aliphatic rings. The Morgan fingerprint density at radius 3 is 2.24 bits per heavy atom.